The molecule has 3 rings (SSSR count). The van der Waals surface area contributed by atoms with Crippen molar-refractivity contribution in [2.24, 2.45) is 0 Å². The molecule has 1 aromatic rings. The van der Waals surface area contributed by atoms with E-state index in [2.05, 4.69) is 28.2 Å². The number of allylic oxidation sites excluding steroid dienone is 3. The Morgan fingerprint density at radius 3 is 2.68 bits per heavy atom. The summed E-state index contributed by atoms with van der Waals surface area (Å²) in [5, 5.41) is 33.3. The number of hydrogen-bond acceptors (Lipinski definition) is 9. The average molecular weight is 426 g/mol. The van der Waals surface area contributed by atoms with Crippen molar-refractivity contribution in [1.82, 2.24) is 15.1 Å². The van der Waals surface area contributed by atoms with Crippen LogP contribution in [0.1, 0.15) is 25.3 Å². The third-order valence-electron chi connectivity index (χ3n) is 5.76. The van der Waals surface area contributed by atoms with Crippen LogP contribution in [0.3, 0.4) is 0 Å². The second-order valence-electron chi connectivity index (χ2n) is 7.90. The molecule has 1 fully saturated rings. The van der Waals surface area contributed by atoms with E-state index in [0.717, 1.165) is 26.2 Å². The molecule has 2 aliphatic heterocycles. The van der Waals surface area contributed by atoms with Gasteiger partial charge < -0.3 is 25.4 Å². The van der Waals surface area contributed by atoms with E-state index in [9.17, 15) is 20.5 Å². The zero-order chi connectivity index (χ0) is 22.5. The van der Waals surface area contributed by atoms with E-state index >= 15 is 0 Å². The number of rotatable bonds is 6. The van der Waals surface area contributed by atoms with E-state index in [1.54, 1.807) is 26.0 Å². The third-order valence-corrected chi connectivity index (χ3v) is 5.76. The number of anilines is 1. The van der Waals surface area contributed by atoms with Gasteiger partial charge in [-0.2, -0.15) is 5.26 Å². The van der Waals surface area contributed by atoms with Crippen LogP contribution < -0.4 is 10.5 Å². The Kier molecular flexibility index (Phi) is 7.30. The lowest BCUT2D eigenvalue weighted by Gasteiger charge is -2.32. The zero-order valence-electron chi connectivity index (χ0n) is 18.1. The average Bonchev–Trinajstić information content (AvgIpc) is 2.74. The predicted octanol–water partition coefficient (Wildman–Crippen LogP) is 1.93. The van der Waals surface area contributed by atoms with Crippen molar-refractivity contribution in [3.05, 3.63) is 57.6 Å². The Balaban J connectivity index is 1.81. The molecule has 9 heteroatoms. The monoisotopic (exact) mass is 426 g/mol. The van der Waals surface area contributed by atoms with Crippen LogP contribution in [0, 0.1) is 16.5 Å². The van der Waals surface area contributed by atoms with Gasteiger partial charge in [-0.05, 0) is 38.6 Å². The maximum Gasteiger partial charge on any atom is 0.336 e. The molecule has 0 amide bonds. The minimum Gasteiger partial charge on any atom is -0.733 e. The van der Waals surface area contributed by atoms with Gasteiger partial charge in [0.05, 0.1) is 28.8 Å². The summed E-state index contributed by atoms with van der Waals surface area (Å²) in [6.07, 6.45) is 0. The highest BCUT2D eigenvalue weighted by molar-refractivity contribution is 5.93. The molecule has 2 heterocycles. The van der Waals surface area contributed by atoms with E-state index in [1.807, 2.05) is 0 Å². The molecule has 2 aliphatic rings. The number of piperazine rings is 1. The molecular weight excluding hydrogens is 398 g/mol. The number of nitriles is 1. The quantitative estimate of drug-likeness (QED) is 0.520. The molecule has 0 unspecified atom stereocenters. The molecule has 0 aromatic heterocycles. The summed E-state index contributed by atoms with van der Waals surface area (Å²) in [6.45, 7) is 8.25. The van der Waals surface area contributed by atoms with Crippen molar-refractivity contribution in [3.63, 3.8) is 0 Å². The van der Waals surface area contributed by atoms with Gasteiger partial charge in [0, 0.05) is 44.1 Å². The van der Waals surface area contributed by atoms with Crippen LogP contribution >= 0.6 is 0 Å². The first-order valence-electron chi connectivity index (χ1n) is 10.2. The van der Waals surface area contributed by atoms with E-state index in [-0.39, 0.29) is 17.5 Å². The molecule has 2 N–H and O–H groups in total. The number of likely N-dealkylation sites (N-methyl/N-ethyl adjacent to an activating group) is 1. The third kappa shape index (κ3) is 5.24. The van der Waals surface area contributed by atoms with Gasteiger partial charge in [-0.25, -0.2) is 4.79 Å². The fourth-order valence-corrected chi connectivity index (χ4v) is 3.99. The number of benzene rings is 1. The van der Waals surface area contributed by atoms with Crippen molar-refractivity contribution < 1.29 is 14.7 Å². The van der Waals surface area contributed by atoms with Crippen molar-refractivity contribution in [3.8, 4) is 6.07 Å². The van der Waals surface area contributed by atoms with Crippen molar-refractivity contribution in [2.45, 2.75) is 19.8 Å². The molecular formula is C22H28N5O4-. The normalized spacial score (nSPS) is 20.3. The highest BCUT2D eigenvalue weighted by Crippen LogP contribution is 2.39. The maximum absolute atomic E-state index is 13.1. The van der Waals surface area contributed by atoms with Gasteiger partial charge >= 0.3 is 5.97 Å². The Bertz CT molecular complexity index is 926. The first-order valence-corrected chi connectivity index (χ1v) is 10.2. The van der Waals surface area contributed by atoms with Gasteiger partial charge in [0.1, 0.15) is 6.61 Å². The van der Waals surface area contributed by atoms with Crippen LogP contribution in [-0.2, 0) is 9.53 Å². The van der Waals surface area contributed by atoms with E-state index in [1.165, 1.54) is 12.1 Å². The standard InChI is InChI=1S/C22H28N5O4/c1-15-19(14-23)21(17-5-4-6-18(13-17)27(29)30)20(16(2)24-15)22(28)31-12-11-26-9-7-25(3)8-10-26/h4-6,13,21,24,29H,7-12H2,1-3H3/q-1/t21-/m1/s1. The molecule has 0 radical (unpaired) electrons. The first kappa shape index (κ1) is 22.8. The summed E-state index contributed by atoms with van der Waals surface area (Å²) in [7, 11) is 2.09. The Morgan fingerprint density at radius 2 is 2.03 bits per heavy atom. The maximum atomic E-state index is 13.1. The van der Waals surface area contributed by atoms with Gasteiger partial charge in [-0.15, -0.1) is 0 Å². The van der Waals surface area contributed by atoms with E-state index < -0.39 is 11.9 Å². The van der Waals surface area contributed by atoms with Crippen molar-refractivity contribution in [2.75, 3.05) is 51.6 Å². The van der Waals surface area contributed by atoms with Gasteiger partial charge in [-0.1, -0.05) is 12.1 Å². The van der Waals surface area contributed by atoms with Crippen molar-refractivity contribution in [1.29, 1.82) is 5.26 Å². The van der Waals surface area contributed by atoms with Crippen LogP contribution in [0.25, 0.3) is 0 Å². The Labute approximate surface area is 182 Å². The molecule has 31 heavy (non-hydrogen) atoms. The molecule has 166 valence electrons. The summed E-state index contributed by atoms with van der Waals surface area (Å²) < 4.78 is 5.59. The molecule has 9 nitrogen and oxygen atoms in total. The molecule has 0 saturated carbocycles. The Morgan fingerprint density at radius 1 is 1.32 bits per heavy atom. The number of ether oxygens (including phenoxy) is 1. The molecule has 0 bridgehead atoms. The molecule has 1 aromatic carbocycles. The Hall–Kier alpha value is -2.90. The minimum atomic E-state index is -0.692. The van der Waals surface area contributed by atoms with Crippen molar-refractivity contribution >= 4 is 11.7 Å². The smallest absolute Gasteiger partial charge is 0.336 e. The lowest BCUT2D eigenvalue weighted by molar-refractivity contribution is -0.139. The minimum absolute atomic E-state index is 0.0198. The predicted molar refractivity (Wildman–Crippen MR) is 116 cm³/mol. The number of carbonyl (C=O) groups excluding carboxylic acids is 1. The van der Waals surface area contributed by atoms with Crippen LogP contribution in [0.4, 0.5) is 5.69 Å². The van der Waals surface area contributed by atoms with Gasteiger partial charge in [0.25, 0.3) is 0 Å². The van der Waals surface area contributed by atoms with Gasteiger partial charge in [0.15, 0.2) is 0 Å². The summed E-state index contributed by atoms with van der Waals surface area (Å²) in [5.41, 5.74) is 2.49. The molecule has 0 spiro atoms. The molecule has 1 atom stereocenters. The first-order chi connectivity index (χ1) is 14.8. The number of nitrogens with one attached hydrogen (secondary N) is 1. The van der Waals surface area contributed by atoms with Crippen LogP contribution in [0.5, 0.6) is 0 Å². The van der Waals surface area contributed by atoms with Gasteiger partial charge in [-0.3, -0.25) is 10.1 Å². The summed E-state index contributed by atoms with van der Waals surface area (Å²) in [5.74, 6) is -1.19. The summed E-state index contributed by atoms with van der Waals surface area (Å²) in [6, 6.07) is 8.42. The lowest BCUT2D eigenvalue weighted by Crippen LogP contribution is -2.45. The lowest BCUT2D eigenvalue weighted by atomic mass is 9.81. The number of nitrogens with zero attached hydrogens (tertiary/aromatic N) is 4. The second kappa shape index (κ2) is 9.94. The van der Waals surface area contributed by atoms with Crippen LogP contribution in [-0.4, -0.2) is 67.4 Å². The second-order valence-corrected chi connectivity index (χ2v) is 7.90. The van der Waals surface area contributed by atoms with Crippen LogP contribution in [0.2, 0.25) is 0 Å². The van der Waals surface area contributed by atoms with E-state index in [0.29, 0.717) is 34.6 Å². The van der Waals surface area contributed by atoms with Gasteiger partial charge in [0.2, 0.25) is 0 Å². The highest BCUT2D eigenvalue weighted by Gasteiger charge is 2.34. The fourth-order valence-electron chi connectivity index (χ4n) is 3.99. The van der Waals surface area contributed by atoms with Crippen LogP contribution in [0.15, 0.2) is 46.8 Å². The molecule has 0 aliphatic carbocycles. The number of dihydropyridines is 1. The van der Waals surface area contributed by atoms with E-state index in [4.69, 9.17) is 4.74 Å². The topological polar surface area (TPSA) is 115 Å². The number of hydrogen-bond donors (Lipinski definition) is 2. The SMILES string of the molecule is CC1=C(C#N)[C@@H](c2cccc(N([O-])O)c2)C(C(=O)OCCN2CCN(C)CC2)=C(C)N1. The number of carbonyl (C=O) groups is 1. The highest BCUT2D eigenvalue weighted by atomic mass is 16.8. The summed E-state index contributed by atoms with van der Waals surface area (Å²) >= 11 is 0. The fraction of sp³-hybridized carbons (Fsp3) is 0.455. The molecule has 1 saturated heterocycles. The number of esters is 1. The summed E-state index contributed by atoms with van der Waals surface area (Å²) in [4.78, 5) is 17.6. The largest absolute Gasteiger partial charge is 0.733 e. The zero-order valence-corrected chi connectivity index (χ0v) is 18.1.